The number of nitrogens with two attached hydrogens (primary N) is 1. The number of rotatable bonds is 7. The minimum absolute atomic E-state index is 0.0523. The number of amides is 1. The Bertz CT molecular complexity index is 438. The van der Waals surface area contributed by atoms with Crippen molar-refractivity contribution >= 4 is 5.91 Å². The second-order valence-electron chi connectivity index (χ2n) is 6.39. The van der Waals surface area contributed by atoms with Crippen LogP contribution in [0.4, 0.5) is 0 Å². The Morgan fingerprint density at radius 2 is 1.95 bits per heavy atom. The van der Waals surface area contributed by atoms with Gasteiger partial charge in [-0.1, -0.05) is 50.1 Å². The lowest BCUT2D eigenvalue weighted by Gasteiger charge is -2.27. The maximum atomic E-state index is 12.0. The van der Waals surface area contributed by atoms with Crippen molar-refractivity contribution in [3.8, 4) is 0 Å². The smallest absolute Gasteiger partial charge is 0.220 e. The lowest BCUT2D eigenvalue weighted by molar-refractivity contribution is -0.121. The molecular weight excluding hydrogens is 260 g/mol. The van der Waals surface area contributed by atoms with Gasteiger partial charge >= 0.3 is 0 Å². The lowest BCUT2D eigenvalue weighted by Crippen LogP contribution is -2.35. The van der Waals surface area contributed by atoms with Gasteiger partial charge in [0.15, 0.2) is 0 Å². The quantitative estimate of drug-likeness (QED) is 0.806. The van der Waals surface area contributed by atoms with Crippen molar-refractivity contribution in [2.75, 3.05) is 6.54 Å². The summed E-state index contributed by atoms with van der Waals surface area (Å²) in [6, 6.07) is 9.94. The first-order valence-electron chi connectivity index (χ1n) is 8.22. The highest BCUT2D eigenvalue weighted by molar-refractivity contribution is 5.75. The monoisotopic (exact) mass is 288 g/mol. The van der Waals surface area contributed by atoms with E-state index in [1.807, 2.05) is 30.3 Å². The van der Waals surface area contributed by atoms with Gasteiger partial charge in [-0.15, -0.1) is 0 Å². The van der Waals surface area contributed by atoms with E-state index in [2.05, 4.69) is 12.2 Å². The Morgan fingerprint density at radius 1 is 1.29 bits per heavy atom. The summed E-state index contributed by atoms with van der Waals surface area (Å²) in [7, 11) is 0. The molecule has 1 aliphatic rings. The molecule has 116 valence electrons. The average Bonchev–Trinajstić information content (AvgIpc) is 3.01. The fraction of sp³-hybridized carbons (Fsp3) is 0.611. The molecule has 0 aromatic heterocycles. The Morgan fingerprint density at radius 3 is 2.57 bits per heavy atom. The maximum Gasteiger partial charge on any atom is 0.220 e. The zero-order valence-electron chi connectivity index (χ0n) is 13.1. The van der Waals surface area contributed by atoms with Crippen LogP contribution in [0.3, 0.4) is 0 Å². The summed E-state index contributed by atoms with van der Waals surface area (Å²) >= 11 is 0. The van der Waals surface area contributed by atoms with E-state index in [4.69, 9.17) is 5.73 Å². The van der Waals surface area contributed by atoms with Crippen molar-refractivity contribution in [3.63, 3.8) is 0 Å². The van der Waals surface area contributed by atoms with Crippen molar-refractivity contribution in [2.45, 2.75) is 57.9 Å². The van der Waals surface area contributed by atoms with Crippen molar-refractivity contribution in [1.82, 2.24) is 5.32 Å². The Kier molecular flexibility index (Phi) is 5.80. The van der Waals surface area contributed by atoms with E-state index < -0.39 is 0 Å². The highest BCUT2D eigenvalue weighted by atomic mass is 16.1. The van der Waals surface area contributed by atoms with Gasteiger partial charge in [0.25, 0.3) is 0 Å². The molecule has 3 heteroatoms. The molecule has 1 saturated carbocycles. The number of carbonyl (C=O) groups excluding carboxylic acids is 1. The summed E-state index contributed by atoms with van der Waals surface area (Å²) in [5.74, 6) is 0.140. The molecule has 0 aliphatic heterocycles. The van der Waals surface area contributed by atoms with Crippen LogP contribution in [-0.2, 0) is 4.79 Å². The normalized spacial score (nSPS) is 18.4. The van der Waals surface area contributed by atoms with Gasteiger partial charge in [-0.2, -0.15) is 0 Å². The molecule has 0 saturated heterocycles. The number of hydrogen-bond donors (Lipinski definition) is 2. The SMILES string of the molecule is CCC1(CNC(=O)CCC(N)c2ccccc2)CCCC1. The van der Waals surface area contributed by atoms with Gasteiger partial charge in [-0.25, -0.2) is 0 Å². The van der Waals surface area contributed by atoms with E-state index in [1.54, 1.807) is 0 Å². The molecule has 1 fully saturated rings. The third kappa shape index (κ3) is 4.57. The lowest BCUT2D eigenvalue weighted by atomic mass is 9.83. The van der Waals surface area contributed by atoms with Crippen LogP contribution in [0.25, 0.3) is 0 Å². The first kappa shape index (κ1) is 16.0. The highest BCUT2D eigenvalue weighted by Gasteiger charge is 2.32. The van der Waals surface area contributed by atoms with Crippen LogP contribution in [-0.4, -0.2) is 12.5 Å². The molecule has 1 aromatic rings. The van der Waals surface area contributed by atoms with Crippen LogP contribution in [0.1, 0.15) is 63.5 Å². The van der Waals surface area contributed by atoms with E-state index >= 15 is 0 Å². The third-order valence-electron chi connectivity index (χ3n) is 4.98. The summed E-state index contributed by atoms with van der Waals surface area (Å²) in [5, 5.41) is 3.13. The fourth-order valence-corrected chi connectivity index (χ4v) is 3.31. The predicted molar refractivity (Wildman–Crippen MR) is 86.8 cm³/mol. The third-order valence-corrected chi connectivity index (χ3v) is 4.98. The van der Waals surface area contributed by atoms with Crippen LogP contribution >= 0.6 is 0 Å². The van der Waals surface area contributed by atoms with Gasteiger partial charge in [-0.05, 0) is 36.7 Å². The van der Waals surface area contributed by atoms with E-state index in [1.165, 1.54) is 25.7 Å². The van der Waals surface area contributed by atoms with Crippen molar-refractivity contribution in [2.24, 2.45) is 11.1 Å². The highest BCUT2D eigenvalue weighted by Crippen LogP contribution is 2.40. The van der Waals surface area contributed by atoms with Crippen LogP contribution < -0.4 is 11.1 Å². The zero-order valence-corrected chi connectivity index (χ0v) is 13.1. The molecule has 0 bridgehead atoms. The molecule has 1 amide bonds. The minimum atomic E-state index is -0.0523. The molecule has 0 radical (unpaired) electrons. The van der Waals surface area contributed by atoms with Crippen LogP contribution in [0.5, 0.6) is 0 Å². The van der Waals surface area contributed by atoms with Gasteiger partial charge in [0.1, 0.15) is 0 Å². The predicted octanol–water partition coefficient (Wildman–Crippen LogP) is 3.55. The van der Waals surface area contributed by atoms with Gasteiger partial charge in [0, 0.05) is 19.0 Å². The van der Waals surface area contributed by atoms with E-state index in [-0.39, 0.29) is 11.9 Å². The molecule has 1 aromatic carbocycles. The number of carbonyl (C=O) groups is 1. The Balaban J connectivity index is 1.72. The summed E-state index contributed by atoms with van der Waals surface area (Å²) in [6.07, 6.45) is 7.51. The van der Waals surface area contributed by atoms with Crippen molar-refractivity contribution in [3.05, 3.63) is 35.9 Å². The zero-order chi connectivity index (χ0) is 15.1. The number of hydrogen-bond acceptors (Lipinski definition) is 2. The molecule has 1 aliphatic carbocycles. The minimum Gasteiger partial charge on any atom is -0.356 e. The molecule has 3 nitrogen and oxygen atoms in total. The summed E-state index contributed by atoms with van der Waals surface area (Å²) in [4.78, 5) is 12.0. The van der Waals surface area contributed by atoms with Crippen molar-refractivity contribution < 1.29 is 4.79 Å². The number of nitrogens with one attached hydrogen (secondary N) is 1. The van der Waals surface area contributed by atoms with Gasteiger partial charge < -0.3 is 11.1 Å². The second kappa shape index (κ2) is 7.60. The summed E-state index contributed by atoms with van der Waals surface area (Å²) in [5.41, 5.74) is 7.59. The van der Waals surface area contributed by atoms with E-state index in [0.717, 1.165) is 18.5 Å². The molecular formula is C18H28N2O. The molecule has 1 atom stereocenters. The first-order chi connectivity index (χ1) is 10.2. The topological polar surface area (TPSA) is 55.1 Å². The standard InChI is InChI=1S/C18H28N2O/c1-2-18(12-6-7-13-18)14-20-17(21)11-10-16(19)15-8-4-3-5-9-15/h3-5,8-9,16H,2,6-7,10-14,19H2,1H3,(H,20,21). The molecule has 21 heavy (non-hydrogen) atoms. The molecule has 0 spiro atoms. The Hall–Kier alpha value is -1.35. The van der Waals surface area contributed by atoms with Gasteiger partial charge in [-0.3, -0.25) is 4.79 Å². The van der Waals surface area contributed by atoms with E-state index in [0.29, 0.717) is 18.3 Å². The first-order valence-corrected chi connectivity index (χ1v) is 8.22. The van der Waals surface area contributed by atoms with E-state index in [9.17, 15) is 4.79 Å². The van der Waals surface area contributed by atoms with Crippen LogP contribution in [0, 0.1) is 5.41 Å². The molecule has 1 unspecified atom stereocenters. The fourth-order valence-electron chi connectivity index (χ4n) is 3.31. The van der Waals surface area contributed by atoms with Gasteiger partial charge in [0.05, 0.1) is 0 Å². The number of benzene rings is 1. The summed E-state index contributed by atoms with van der Waals surface area (Å²) < 4.78 is 0. The van der Waals surface area contributed by atoms with Gasteiger partial charge in [0.2, 0.25) is 5.91 Å². The summed E-state index contributed by atoms with van der Waals surface area (Å²) in [6.45, 7) is 3.08. The molecule has 2 rings (SSSR count). The molecule has 3 N–H and O–H groups in total. The van der Waals surface area contributed by atoms with Crippen LogP contribution in [0.15, 0.2) is 30.3 Å². The van der Waals surface area contributed by atoms with Crippen molar-refractivity contribution in [1.29, 1.82) is 0 Å². The van der Waals surface area contributed by atoms with Crippen LogP contribution in [0.2, 0.25) is 0 Å². The maximum absolute atomic E-state index is 12.0. The largest absolute Gasteiger partial charge is 0.356 e. The average molecular weight is 288 g/mol. The Labute approximate surface area is 128 Å². The molecule has 0 heterocycles. The second-order valence-corrected chi connectivity index (χ2v) is 6.39.